The highest BCUT2D eigenvalue weighted by molar-refractivity contribution is 5.91. The third kappa shape index (κ3) is 3.54. The zero-order valence-corrected chi connectivity index (χ0v) is 14.9. The van der Waals surface area contributed by atoms with E-state index in [1.807, 2.05) is 47.2 Å². The van der Waals surface area contributed by atoms with Crippen molar-refractivity contribution in [3.63, 3.8) is 0 Å². The average molecular weight is 349 g/mol. The Balaban J connectivity index is 1.43. The fourth-order valence-corrected chi connectivity index (χ4v) is 3.44. The van der Waals surface area contributed by atoms with Crippen LogP contribution >= 0.6 is 0 Å². The van der Waals surface area contributed by atoms with Crippen LogP contribution < -0.4 is 10.2 Å². The molecule has 0 spiro atoms. The van der Waals surface area contributed by atoms with Gasteiger partial charge in [-0.1, -0.05) is 25.1 Å². The zero-order chi connectivity index (χ0) is 17.9. The van der Waals surface area contributed by atoms with Crippen molar-refractivity contribution in [3.8, 4) is 0 Å². The molecule has 0 saturated carbocycles. The number of benzene rings is 1. The van der Waals surface area contributed by atoms with Gasteiger partial charge in [-0.15, -0.1) is 0 Å². The topological polar surface area (TPSA) is 63.1 Å². The van der Waals surface area contributed by atoms with Gasteiger partial charge in [0.1, 0.15) is 24.5 Å². The zero-order valence-electron chi connectivity index (χ0n) is 14.9. The molecule has 0 aliphatic carbocycles. The molecule has 2 aromatic heterocycles. The van der Waals surface area contributed by atoms with Crippen molar-refractivity contribution in [1.82, 2.24) is 14.5 Å². The molecule has 1 N–H and O–H groups in total. The second-order valence-electron chi connectivity index (χ2n) is 6.98. The number of amides is 1. The summed E-state index contributed by atoms with van der Waals surface area (Å²) in [7, 11) is 0. The number of aromatic nitrogens is 3. The van der Waals surface area contributed by atoms with Crippen molar-refractivity contribution in [3.05, 3.63) is 48.9 Å². The molecule has 6 heteroatoms. The molecule has 0 radical (unpaired) electrons. The quantitative estimate of drug-likeness (QED) is 0.785. The molecular weight excluding hydrogens is 326 g/mol. The lowest BCUT2D eigenvalue weighted by molar-refractivity contribution is -0.116. The molecule has 0 atom stereocenters. The van der Waals surface area contributed by atoms with Gasteiger partial charge >= 0.3 is 0 Å². The highest BCUT2D eigenvalue weighted by Gasteiger charge is 2.17. The van der Waals surface area contributed by atoms with Crippen LogP contribution in [0.3, 0.4) is 0 Å². The van der Waals surface area contributed by atoms with Crippen molar-refractivity contribution >= 4 is 28.4 Å². The normalized spacial score (nSPS) is 15.3. The Kier molecular flexibility index (Phi) is 4.56. The molecule has 1 aromatic carbocycles. The SMILES string of the molecule is CC1CCN(c2cc(NC(=O)Cn3ccc4ccccc43)ncn2)CC1. The minimum absolute atomic E-state index is 0.0942. The summed E-state index contributed by atoms with van der Waals surface area (Å²) >= 11 is 0. The molecular formula is C20H23N5O. The number of anilines is 2. The first-order chi connectivity index (χ1) is 12.7. The molecule has 26 heavy (non-hydrogen) atoms. The standard InChI is InChI=1S/C20H23N5O/c1-15-6-9-24(10-7-15)19-12-18(21-14-22-19)23-20(26)13-25-11-8-16-4-2-3-5-17(16)25/h2-5,8,11-12,14-15H,6-7,9-10,13H2,1H3,(H,21,22,23,26). The summed E-state index contributed by atoms with van der Waals surface area (Å²) in [6.45, 7) is 4.55. The minimum Gasteiger partial charge on any atom is -0.356 e. The third-order valence-corrected chi connectivity index (χ3v) is 5.02. The molecule has 0 unspecified atom stereocenters. The Bertz CT molecular complexity index is 911. The first-order valence-corrected chi connectivity index (χ1v) is 9.10. The Morgan fingerprint density at radius 2 is 2.00 bits per heavy atom. The second kappa shape index (κ2) is 7.15. The van der Waals surface area contributed by atoms with E-state index in [4.69, 9.17) is 0 Å². The van der Waals surface area contributed by atoms with Crippen LogP contribution in [0.25, 0.3) is 10.9 Å². The summed E-state index contributed by atoms with van der Waals surface area (Å²) < 4.78 is 1.94. The van der Waals surface area contributed by atoms with Gasteiger partial charge in [0.2, 0.25) is 5.91 Å². The summed E-state index contributed by atoms with van der Waals surface area (Å²) in [6, 6.07) is 11.9. The lowest BCUT2D eigenvalue weighted by atomic mass is 9.99. The highest BCUT2D eigenvalue weighted by Crippen LogP contribution is 2.22. The number of nitrogens with zero attached hydrogens (tertiary/aromatic N) is 4. The second-order valence-corrected chi connectivity index (χ2v) is 6.98. The summed E-state index contributed by atoms with van der Waals surface area (Å²) in [5, 5.41) is 4.02. The number of fused-ring (bicyclic) bond motifs is 1. The number of carbonyl (C=O) groups excluding carboxylic acids is 1. The van der Waals surface area contributed by atoms with Crippen molar-refractivity contribution in [1.29, 1.82) is 0 Å². The smallest absolute Gasteiger partial charge is 0.245 e. The van der Waals surface area contributed by atoms with E-state index in [0.29, 0.717) is 5.82 Å². The van der Waals surface area contributed by atoms with Crippen molar-refractivity contribution in [2.24, 2.45) is 5.92 Å². The first kappa shape index (κ1) is 16.6. The van der Waals surface area contributed by atoms with Gasteiger partial charge in [-0.25, -0.2) is 9.97 Å². The number of hydrogen-bond acceptors (Lipinski definition) is 4. The van der Waals surface area contributed by atoms with Gasteiger partial charge in [-0.2, -0.15) is 0 Å². The number of piperidine rings is 1. The maximum Gasteiger partial charge on any atom is 0.245 e. The summed E-state index contributed by atoms with van der Waals surface area (Å²) in [5.74, 6) is 2.11. The van der Waals surface area contributed by atoms with E-state index in [9.17, 15) is 4.79 Å². The monoisotopic (exact) mass is 349 g/mol. The summed E-state index contributed by atoms with van der Waals surface area (Å²) in [6.07, 6.45) is 5.80. The Labute approximate surface area is 152 Å². The van der Waals surface area contributed by atoms with Crippen LogP contribution in [0, 0.1) is 5.92 Å². The average Bonchev–Trinajstić information content (AvgIpc) is 3.05. The molecule has 1 fully saturated rings. The number of hydrogen-bond donors (Lipinski definition) is 1. The first-order valence-electron chi connectivity index (χ1n) is 9.10. The van der Waals surface area contributed by atoms with Crippen molar-refractivity contribution in [2.45, 2.75) is 26.3 Å². The van der Waals surface area contributed by atoms with Crippen LogP contribution in [0.5, 0.6) is 0 Å². The third-order valence-electron chi connectivity index (χ3n) is 5.02. The maximum atomic E-state index is 12.4. The van der Waals surface area contributed by atoms with Gasteiger partial charge in [0.05, 0.1) is 0 Å². The van der Waals surface area contributed by atoms with Crippen LogP contribution in [0.2, 0.25) is 0 Å². The summed E-state index contributed by atoms with van der Waals surface area (Å²) in [5.41, 5.74) is 1.05. The number of nitrogens with one attached hydrogen (secondary N) is 1. The molecule has 6 nitrogen and oxygen atoms in total. The van der Waals surface area contributed by atoms with Crippen LogP contribution in [0.1, 0.15) is 19.8 Å². The van der Waals surface area contributed by atoms with Gasteiger partial charge in [0, 0.05) is 30.9 Å². The molecule has 1 aliphatic rings. The van der Waals surface area contributed by atoms with Gasteiger partial charge < -0.3 is 14.8 Å². The Morgan fingerprint density at radius 1 is 1.19 bits per heavy atom. The molecule has 3 heterocycles. The van der Waals surface area contributed by atoms with E-state index in [0.717, 1.165) is 35.7 Å². The Morgan fingerprint density at radius 3 is 2.85 bits per heavy atom. The van der Waals surface area contributed by atoms with E-state index >= 15 is 0 Å². The van der Waals surface area contributed by atoms with Crippen LogP contribution in [-0.4, -0.2) is 33.5 Å². The van der Waals surface area contributed by atoms with Crippen molar-refractivity contribution < 1.29 is 4.79 Å². The highest BCUT2D eigenvalue weighted by atomic mass is 16.2. The number of para-hydroxylation sites is 1. The molecule has 1 saturated heterocycles. The van der Waals surface area contributed by atoms with Gasteiger partial charge in [0.15, 0.2) is 0 Å². The van der Waals surface area contributed by atoms with Crippen molar-refractivity contribution in [2.75, 3.05) is 23.3 Å². The molecule has 3 aromatic rings. The maximum absolute atomic E-state index is 12.4. The van der Waals surface area contributed by atoms with Crippen LogP contribution in [0.4, 0.5) is 11.6 Å². The van der Waals surface area contributed by atoms with Gasteiger partial charge in [-0.05, 0) is 36.3 Å². The van der Waals surface area contributed by atoms with E-state index in [1.165, 1.54) is 19.2 Å². The van der Waals surface area contributed by atoms with Crippen LogP contribution in [0.15, 0.2) is 48.9 Å². The van der Waals surface area contributed by atoms with E-state index in [1.54, 1.807) is 0 Å². The number of carbonyl (C=O) groups is 1. The molecule has 4 rings (SSSR count). The molecule has 1 aliphatic heterocycles. The van der Waals surface area contributed by atoms with E-state index in [2.05, 4.69) is 27.1 Å². The van der Waals surface area contributed by atoms with Gasteiger partial charge in [0.25, 0.3) is 0 Å². The largest absolute Gasteiger partial charge is 0.356 e. The van der Waals surface area contributed by atoms with Gasteiger partial charge in [-0.3, -0.25) is 4.79 Å². The molecule has 1 amide bonds. The predicted molar refractivity (Wildman–Crippen MR) is 103 cm³/mol. The lowest BCUT2D eigenvalue weighted by Gasteiger charge is -2.31. The number of rotatable bonds is 4. The van der Waals surface area contributed by atoms with Crippen LogP contribution in [-0.2, 0) is 11.3 Å². The lowest BCUT2D eigenvalue weighted by Crippen LogP contribution is -2.33. The Hall–Kier alpha value is -2.89. The summed E-state index contributed by atoms with van der Waals surface area (Å²) in [4.78, 5) is 23.3. The van der Waals surface area contributed by atoms with E-state index < -0.39 is 0 Å². The molecule has 0 bridgehead atoms. The predicted octanol–water partition coefficient (Wildman–Crippen LogP) is 3.31. The van der Waals surface area contributed by atoms with E-state index in [-0.39, 0.29) is 12.5 Å². The minimum atomic E-state index is -0.0942. The fourth-order valence-electron chi connectivity index (χ4n) is 3.44. The molecule has 134 valence electrons. The fraction of sp³-hybridized carbons (Fsp3) is 0.350.